The highest BCUT2D eigenvalue weighted by atomic mass is 79.9. The fraction of sp³-hybridized carbons (Fsp3) is 0.375. The van der Waals surface area contributed by atoms with Crippen molar-refractivity contribution in [2.24, 2.45) is 5.92 Å². The summed E-state index contributed by atoms with van der Waals surface area (Å²) in [6.45, 7) is 2.78. The Labute approximate surface area is 131 Å². The maximum atomic E-state index is 12.9. The summed E-state index contributed by atoms with van der Waals surface area (Å²) < 4.78 is 3.01. The first-order chi connectivity index (χ1) is 10.2. The average Bonchev–Trinajstić information content (AvgIpc) is 2.51. The van der Waals surface area contributed by atoms with Gasteiger partial charge in [-0.2, -0.15) is 0 Å². The SMILES string of the molecule is O=c1c(-c2cccnc2)cc(Br)c2n1C[C@@H]1CNC[C@H]2C1. The number of fused-ring (bicyclic) bond motifs is 4. The van der Waals surface area contributed by atoms with Crippen LogP contribution < -0.4 is 10.9 Å². The summed E-state index contributed by atoms with van der Waals surface area (Å²) in [5.41, 5.74) is 2.87. The van der Waals surface area contributed by atoms with E-state index in [4.69, 9.17) is 0 Å². The highest BCUT2D eigenvalue weighted by molar-refractivity contribution is 9.10. The third-order valence-corrected chi connectivity index (χ3v) is 5.16. The van der Waals surface area contributed by atoms with Crippen molar-refractivity contribution < 1.29 is 0 Å². The number of aromatic nitrogens is 2. The van der Waals surface area contributed by atoms with Crippen LogP contribution in [0.15, 0.2) is 39.9 Å². The first kappa shape index (κ1) is 13.2. The van der Waals surface area contributed by atoms with E-state index in [2.05, 4.69) is 26.2 Å². The average molecular weight is 346 g/mol. The van der Waals surface area contributed by atoms with Crippen LogP contribution >= 0.6 is 15.9 Å². The van der Waals surface area contributed by atoms with Crippen LogP contribution in [0.2, 0.25) is 0 Å². The predicted octanol–water partition coefficient (Wildman–Crippen LogP) is 2.38. The van der Waals surface area contributed by atoms with Gasteiger partial charge in [-0.25, -0.2) is 0 Å². The van der Waals surface area contributed by atoms with Crippen molar-refractivity contribution in [3.05, 3.63) is 51.1 Å². The minimum Gasteiger partial charge on any atom is -0.316 e. The Hall–Kier alpha value is -1.46. The summed E-state index contributed by atoms with van der Waals surface area (Å²) in [6.07, 6.45) is 4.66. The highest BCUT2D eigenvalue weighted by Crippen LogP contribution is 2.37. The second-order valence-electron chi connectivity index (χ2n) is 5.91. The molecule has 0 radical (unpaired) electrons. The molecule has 1 fully saturated rings. The molecule has 4 nitrogen and oxygen atoms in total. The Balaban J connectivity index is 1.92. The van der Waals surface area contributed by atoms with Gasteiger partial charge in [-0.1, -0.05) is 6.07 Å². The van der Waals surface area contributed by atoms with Crippen LogP contribution in [0.3, 0.4) is 0 Å². The zero-order chi connectivity index (χ0) is 14.4. The van der Waals surface area contributed by atoms with Gasteiger partial charge < -0.3 is 9.88 Å². The van der Waals surface area contributed by atoms with E-state index in [1.54, 1.807) is 12.4 Å². The van der Waals surface area contributed by atoms with Gasteiger partial charge in [0.05, 0.1) is 0 Å². The molecule has 1 N–H and O–H groups in total. The van der Waals surface area contributed by atoms with Crippen LogP contribution in [0.25, 0.3) is 11.1 Å². The van der Waals surface area contributed by atoms with Crippen molar-refractivity contribution in [3.63, 3.8) is 0 Å². The molecule has 2 aliphatic heterocycles. The maximum absolute atomic E-state index is 12.9. The number of pyridine rings is 2. The van der Waals surface area contributed by atoms with Crippen molar-refractivity contribution in [2.45, 2.75) is 18.9 Å². The molecule has 4 heterocycles. The Bertz CT molecular complexity index is 741. The smallest absolute Gasteiger partial charge is 0.258 e. The maximum Gasteiger partial charge on any atom is 0.258 e. The topological polar surface area (TPSA) is 46.9 Å². The molecule has 2 bridgehead atoms. The van der Waals surface area contributed by atoms with Crippen molar-refractivity contribution in [3.8, 4) is 11.1 Å². The molecule has 108 valence electrons. The van der Waals surface area contributed by atoms with Gasteiger partial charge in [0.2, 0.25) is 0 Å². The Kier molecular flexibility index (Phi) is 3.19. The molecule has 5 heteroatoms. The molecule has 0 aliphatic carbocycles. The fourth-order valence-corrected chi connectivity index (χ4v) is 4.37. The molecule has 0 unspecified atom stereocenters. The molecular formula is C16H16BrN3O. The van der Waals surface area contributed by atoms with Crippen LogP contribution in [-0.2, 0) is 6.54 Å². The molecule has 21 heavy (non-hydrogen) atoms. The molecule has 0 amide bonds. The normalized spacial score (nSPS) is 23.7. The van der Waals surface area contributed by atoms with Crippen molar-refractivity contribution in [2.75, 3.05) is 13.1 Å². The number of nitrogens with one attached hydrogen (secondary N) is 1. The molecule has 2 atom stereocenters. The van der Waals surface area contributed by atoms with E-state index >= 15 is 0 Å². The molecule has 4 rings (SSSR count). The van der Waals surface area contributed by atoms with E-state index in [-0.39, 0.29) is 5.56 Å². The van der Waals surface area contributed by atoms with Crippen molar-refractivity contribution in [1.29, 1.82) is 0 Å². The first-order valence-corrected chi connectivity index (χ1v) is 8.07. The third kappa shape index (κ3) is 2.15. The van der Waals surface area contributed by atoms with Crippen LogP contribution in [0.4, 0.5) is 0 Å². The lowest BCUT2D eigenvalue weighted by Crippen LogP contribution is -2.45. The minimum absolute atomic E-state index is 0.109. The van der Waals surface area contributed by atoms with Crippen LogP contribution in [0.1, 0.15) is 18.0 Å². The van der Waals surface area contributed by atoms with E-state index < -0.39 is 0 Å². The second kappa shape index (κ2) is 5.07. The molecule has 2 aromatic rings. The third-order valence-electron chi connectivity index (χ3n) is 4.52. The zero-order valence-corrected chi connectivity index (χ0v) is 13.1. The van der Waals surface area contributed by atoms with Crippen LogP contribution in [0, 0.1) is 5.92 Å². The Morgan fingerprint density at radius 3 is 3.10 bits per heavy atom. The van der Waals surface area contributed by atoms with Gasteiger partial charge in [0, 0.05) is 52.7 Å². The van der Waals surface area contributed by atoms with Crippen molar-refractivity contribution in [1.82, 2.24) is 14.9 Å². The lowest BCUT2D eigenvalue weighted by atomic mass is 9.84. The summed E-state index contributed by atoms with van der Waals surface area (Å²) >= 11 is 3.68. The number of hydrogen-bond acceptors (Lipinski definition) is 3. The van der Waals surface area contributed by atoms with Gasteiger partial charge in [-0.05, 0) is 46.9 Å². The highest BCUT2D eigenvalue weighted by Gasteiger charge is 2.33. The summed E-state index contributed by atoms with van der Waals surface area (Å²) in [6, 6.07) is 5.76. The van der Waals surface area contributed by atoms with Crippen LogP contribution in [-0.4, -0.2) is 22.6 Å². The molecule has 2 aliphatic rings. The number of rotatable bonds is 1. The monoisotopic (exact) mass is 345 g/mol. The number of nitrogens with zero attached hydrogens (tertiary/aromatic N) is 2. The molecular weight excluding hydrogens is 330 g/mol. The standard InChI is InChI=1S/C16H16BrN3O/c17-14-5-13(11-2-1-3-18-7-11)16(21)20-9-10-4-12(15(14)20)8-19-6-10/h1-3,5,7,10,12,19H,4,6,8-9H2/t10-,12+/m0/s1. The summed E-state index contributed by atoms with van der Waals surface area (Å²) in [5, 5.41) is 3.47. The van der Waals surface area contributed by atoms with Gasteiger partial charge in [0.1, 0.15) is 0 Å². The molecule has 1 saturated heterocycles. The number of halogens is 1. The molecule has 0 saturated carbocycles. The fourth-order valence-electron chi connectivity index (χ4n) is 3.61. The summed E-state index contributed by atoms with van der Waals surface area (Å²) in [4.78, 5) is 17.0. The predicted molar refractivity (Wildman–Crippen MR) is 85.4 cm³/mol. The minimum atomic E-state index is 0.109. The Morgan fingerprint density at radius 1 is 1.38 bits per heavy atom. The first-order valence-electron chi connectivity index (χ1n) is 7.28. The van der Waals surface area contributed by atoms with E-state index in [0.29, 0.717) is 11.8 Å². The second-order valence-corrected chi connectivity index (χ2v) is 6.76. The van der Waals surface area contributed by atoms with Gasteiger partial charge >= 0.3 is 0 Å². The molecule has 2 aromatic heterocycles. The Morgan fingerprint density at radius 2 is 2.29 bits per heavy atom. The summed E-state index contributed by atoms with van der Waals surface area (Å²) in [7, 11) is 0. The lowest BCUT2D eigenvalue weighted by molar-refractivity contribution is 0.256. The zero-order valence-electron chi connectivity index (χ0n) is 11.6. The van der Waals surface area contributed by atoms with Crippen molar-refractivity contribution >= 4 is 15.9 Å². The molecule has 0 spiro atoms. The van der Waals surface area contributed by atoms with E-state index in [1.165, 1.54) is 6.42 Å². The van der Waals surface area contributed by atoms with Gasteiger partial charge in [0.15, 0.2) is 0 Å². The van der Waals surface area contributed by atoms with Gasteiger partial charge in [0.25, 0.3) is 5.56 Å². The number of piperidine rings is 1. The quantitative estimate of drug-likeness (QED) is 0.863. The largest absolute Gasteiger partial charge is 0.316 e. The van der Waals surface area contributed by atoms with Gasteiger partial charge in [-0.15, -0.1) is 0 Å². The van der Waals surface area contributed by atoms with E-state index in [1.807, 2.05) is 22.8 Å². The number of hydrogen-bond donors (Lipinski definition) is 1. The summed E-state index contributed by atoms with van der Waals surface area (Å²) in [5.74, 6) is 0.993. The van der Waals surface area contributed by atoms with Gasteiger partial charge in [-0.3, -0.25) is 9.78 Å². The molecule has 0 aromatic carbocycles. The van der Waals surface area contributed by atoms with Crippen LogP contribution in [0.5, 0.6) is 0 Å². The van der Waals surface area contributed by atoms with E-state index in [0.717, 1.165) is 40.9 Å². The van der Waals surface area contributed by atoms with E-state index in [9.17, 15) is 4.79 Å². The lowest BCUT2D eigenvalue weighted by Gasteiger charge is -2.38.